The number of hydrogen-bond acceptors (Lipinski definition) is 7. The monoisotopic (exact) mass is 532 g/mol. The second kappa shape index (κ2) is 16.5. The summed E-state index contributed by atoms with van der Waals surface area (Å²) in [5, 5.41) is 7.06. The summed E-state index contributed by atoms with van der Waals surface area (Å²) in [7, 11) is 0. The van der Waals surface area contributed by atoms with Crippen LogP contribution in [0.15, 0.2) is 22.7 Å². The standard InChI is InChI=1S/C23H34BrClN2O5/c1-2-8-28-10-12-30-14-16-32-17-15-31-13-11-29-9-4-3-7-23(19-25)26-21-6-5-20(24)18-22(21)27-23/h1,5-6,18,26-27H,3-4,7-17,19H2. The van der Waals surface area contributed by atoms with Crippen molar-refractivity contribution in [2.24, 2.45) is 0 Å². The number of ether oxygens (including phenoxy) is 5. The summed E-state index contributed by atoms with van der Waals surface area (Å²) in [4.78, 5) is 0. The van der Waals surface area contributed by atoms with Gasteiger partial charge in [-0.05, 0) is 37.5 Å². The van der Waals surface area contributed by atoms with Gasteiger partial charge in [0.1, 0.15) is 12.3 Å². The zero-order valence-electron chi connectivity index (χ0n) is 18.5. The number of hydrogen-bond donors (Lipinski definition) is 2. The van der Waals surface area contributed by atoms with E-state index in [1.807, 2.05) is 6.07 Å². The first kappa shape index (κ1) is 27.2. The van der Waals surface area contributed by atoms with Gasteiger partial charge in [-0.2, -0.15) is 0 Å². The maximum absolute atomic E-state index is 6.26. The Bertz CT molecular complexity index is 691. The first-order valence-electron chi connectivity index (χ1n) is 10.9. The largest absolute Gasteiger partial charge is 0.379 e. The second-order valence-corrected chi connectivity index (χ2v) is 8.50. The van der Waals surface area contributed by atoms with Crippen LogP contribution in [-0.2, 0) is 23.7 Å². The van der Waals surface area contributed by atoms with Crippen LogP contribution in [0.1, 0.15) is 19.3 Å². The van der Waals surface area contributed by atoms with Crippen LogP contribution in [0, 0.1) is 12.3 Å². The van der Waals surface area contributed by atoms with E-state index in [1.54, 1.807) is 0 Å². The molecule has 0 bridgehead atoms. The smallest absolute Gasteiger partial charge is 0.122 e. The molecular weight excluding hydrogens is 500 g/mol. The highest BCUT2D eigenvalue weighted by Crippen LogP contribution is 2.38. The molecule has 0 spiro atoms. The third-order valence-corrected chi connectivity index (χ3v) is 5.72. The molecule has 2 rings (SSSR count). The third kappa shape index (κ3) is 10.7. The molecule has 0 radical (unpaired) electrons. The molecule has 1 aliphatic heterocycles. The lowest BCUT2D eigenvalue weighted by atomic mass is 10.1. The van der Waals surface area contributed by atoms with Crippen LogP contribution in [0.25, 0.3) is 0 Å². The molecule has 1 aromatic rings. The van der Waals surface area contributed by atoms with Crippen molar-refractivity contribution in [1.82, 2.24) is 0 Å². The third-order valence-electron chi connectivity index (χ3n) is 4.77. The molecule has 0 aromatic heterocycles. The number of halogens is 2. The minimum atomic E-state index is -0.297. The molecule has 0 aliphatic carbocycles. The predicted octanol–water partition coefficient (Wildman–Crippen LogP) is 4.11. The average Bonchev–Trinajstić information content (AvgIpc) is 3.16. The van der Waals surface area contributed by atoms with Crippen molar-refractivity contribution in [1.29, 1.82) is 0 Å². The van der Waals surface area contributed by atoms with Gasteiger partial charge in [-0.15, -0.1) is 18.0 Å². The molecule has 32 heavy (non-hydrogen) atoms. The lowest BCUT2D eigenvalue weighted by Crippen LogP contribution is -2.43. The van der Waals surface area contributed by atoms with Crippen molar-refractivity contribution in [2.45, 2.75) is 24.9 Å². The van der Waals surface area contributed by atoms with Crippen molar-refractivity contribution in [3.8, 4) is 12.3 Å². The number of nitrogens with one attached hydrogen (secondary N) is 2. The Morgan fingerprint density at radius 1 is 0.812 bits per heavy atom. The normalized spacial score (nSPS) is 16.9. The van der Waals surface area contributed by atoms with Crippen molar-refractivity contribution in [3.05, 3.63) is 22.7 Å². The first-order valence-corrected chi connectivity index (χ1v) is 12.3. The highest BCUT2D eigenvalue weighted by molar-refractivity contribution is 9.10. The first-order chi connectivity index (χ1) is 15.7. The van der Waals surface area contributed by atoms with E-state index >= 15 is 0 Å². The molecule has 0 amide bonds. The van der Waals surface area contributed by atoms with Crippen LogP contribution < -0.4 is 10.6 Å². The molecular formula is C23H34BrClN2O5. The molecule has 180 valence electrons. The maximum atomic E-state index is 6.26. The number of anilines is 2. The van der Waals surface area contributed by atoms with Crippen molar-refractivity contribution in [3.63, 3.8) is 0 Å². The number of benzene rings is 1. The molecule has 1 unspecified atom stereocenters. The topological polar surface area (TPSA) is 70.2 Å². The van der Waals surface area contributed by atoms with E-state index in [4.69, 9.17) is 41.7 Å². The van der Waals surface area contributed by atoms with Gasteiger partial charge in [-0.1, -0.05) is 21.9 Å². The van der Waals surface area contributed by atoms with E-state index in [2.05, 4.69) is 44.6 Å². The van der Waals surface area contributed by atoms with Crippen LogP contribution in [0.5, 0.6) is 0 Å². The number of terminal acetylenes is 1. The average molecular weight is 534 g/mol. The van der Waals surface area contributed by atoms with Gasteiger partial charge in [0.25, 0.3) is 0 Å². The summed E-state index contributed by atoms with van der Waals surface area (Å²) in [6, 6.07) is 6.15. The quantitative estimate of drug-likeness (QED) is 0.158. The molecule has 1 aromatic carbocycles. The zero-order chi connectivity index (χ0) is 22.9. The van der Waals surface area contributed by atoms with Gasteiger partial charge in [-0.25, -0.2) is 0 Å². The highest BCUT2D eigenvalue weighted by Gasteiger charge is 2.34. The van der Waals surface area contributed by atoms with E-state index in [0.29, 0.717) is 71.9 Å². The number of unbranched alkanes of at least 4 members (excludes halogenated alkanes) is 1. The summed E-state index contributed by atoms with van der Waals surface area (Å²) in [5.74, 6) is 2.89. The molecule has 0 fully saturated rings. The van der Waals surface area contributed by atoms with Crippen LogP contribution in [0.3, 0.4) is 0 Å². The molecule has 1 heterocycles. The predicted molar refractivity (Wildman–Crippen MR) is 132 cm³/mol. The molecule has 0 saturated carbocycles. The van der Waals surface area contributed by atoms with Gasteiger partial charge in [0.2, 0.25) is 0 Å². The Labute approximate surface area is 204 Å². The number of alkyl halides is 1. The van der Waals surface area contributed by atoms with E-state index in [1.165, 1.54) is 0 Å². The summed E-state index contributed by atoms with van der Waals surface area (Å²) < 4.78 is 28.1. The SMILES string of the molecule is C#CCOCCOCCOCCOCCOCCCCC1(CCl)Nc2ccc(Br)cc2N1. The Hall–Kier alpha value is -1.05. The van der Waals surface area contributed by atoms with Crippen LogP contribution in [0.2, 0.25) is 0 Å². The van der Waals surface area contributed by atoms with Gasteiger partial charge in [0, 0.05) is 11.1 Å². The van der Waals surface area contributed by atoms with Crippen molar-refractivity contribution >= 4 is 38.9 Å². The molecule has 1 atom stereocenters. The molecule has 7 nitrogen and oxygen atoms in total. The van der Waals surface area contributed by atoms with Crippen LogP contribution >= 0.6 is 27.5 Å². The lowest BCUT2D eigenvalue weighted by Gasteiger charge is -2.28. The fourth-order valence-corrected chi connectivity index (χ4v) is 3.80. The van der Waals surface area contributed by atoms with Gasteiger partial charge >= 0.3 is 0 Å². The fraction of sp³-hybridized carbons (Fsp3) is 0.652. The second-order valence-electron chi connectivity index (χ2n) is 7.32. The lowest BCUT2D eigenvalue weighted by molar-refractivity contribution is -0.00938. The molecule has 1 aliphatic rings. The summed E-state index contributed by atoms with van der Waals surface area (Å²) in [5.41, 5.74) is 1.87. The molecule has 9 heteroatoms. The van der Waals surface area contributed by atoms with Crippen molar-refractivity contribution in [2.75, 3.05) is 82.6 Å². The zero-order valence-corrected chi connectivity index (χ0v) is 20.8. The van der Waals surface area contributed by atoms with Crippen molar-refractivity contribution < 1.29 is 23.7 Å². The Balaban J connectivity index is 1.36. The van der Waals surface area contributed by atoms with E-state index in [9.17, 15) is 0 Å². The van der Waals surface area contributed by atoms with E-state index in [-0.39, 0.29) is 5.66 Å². The minimum absolute atomic E-state index is 0.297. The van der Waals surface area contributed by atoms with Gasteiger partial charge < -0.3 is 34.3 Å². The van der Waals surface area contributed by atoms with Gasteiger partial charge in [-0.3, -0.25) is 0 Å². The Morgan fingerprint density at radius 2 is 1.38 bits per heavy atom. The molecule has 2 N–H and O–H groups in total. The Morgan fingerprint density at radius 3 is 1.97 bits per heavy atom. The number of rotatable bonds is 19. The maximum Gasteiger partial charge on any atom is 0.122 e. The number of fused-ring (bicyclic) bond motifs is 1. The van der Waals surface area contributed by atoms with E-state index < -0.39 is 0 Å². The summed E-state index contributed by atoms with van der Waals surface area (Å²) in [6.45, 7) is 5.33. The Kier molecular flexibility index (Phi) is 14.1. The summed E-state index contributed by atoms with van der Waals surface area (Å²) in [6.07, 6.45) is 7.97. The van der Waals surface area contributed by atoms with Crippen LogP contribution in [-0.4, -0.2) is 77.6 Å². The van der Waals surface area contributed by atoms with E-state index in [0.717, 1.165) is 35.1 Å². The summed E-state index contributed by atoms with van der Waals surface area (Å²) >= 11 is 9.77. The molecule has 0 saturated heterocycles. The highest BCUT2D eigenvalue weighted by atomic mass is 79.9. The minimum Gasteiger partial charge on any atom is -0.379 e. The van der Waals surface area contributed by atoms with Crippen LogP contribution in [0.4, 0.5) is 11.4 Å². The van der Waals surface area contributed by atoms with Gasteiger partial charge in [0.15, 0.2) is 0 Å². The fourth-order valence-electron chi connectivity index (χ4n) is 3.18. The van der Waals surface area contributed by atoms with Gasteiger partial charge in [0.05, 0.1) is 70.1 Å².